The van der Waals surface area contributed by atoms with Crippen molar-refractivity contribution < 1.29 is 4.21 Å². The Kier molecular flexibility index (Phi) is 4.88. The molecule has 19 heavy (non-hydrogen) atoms. The van der Waals surface area contributed by atoms with Gasteiger partial charge in [-0.05, 0) is 31.7 Å². The molecule has 0 aliphatic heterocycles. The molecule has 2 aromatic rings. The predicted octanol–water partition coefficient (Wildman–Crippen LogP) is 3.14. The number of nitrogens with one attached hydrogen (secondary N) is 1. The van der Waals surface area contributed by atoms with Crippen LogP contribution in [0.3, 0.4) is 0 Å². The van der Waals surface area contributed by atoms with Crippen LogP contribution in [0, 0.1) is 0 Å². The zero-order chi connectivity index (χ0) is 13.7. The summed E-state index contributed by atoms with van der Waals surface area (Å²) in [5.41, 5.74) is 1.17. The molecule has 0 amide bonds. The lowest BCUT2D eigenvalue weighted by molar-refractivity contribution is 0.570. The smallest absolute Gasteiger partial charge is 0.0577 e. The Balaban J connectivity index is 2.22. The van der Waals surface area contributed by atoms with Crippen molar-refractivity contribution in [1.29, 1.82) is 0 Å². The van der Waals surface area contributed by atoms with Crippen LogP contribution in [-0.2, 0) is 10.8 Å². The van der Waals surface area contributed by atoms with Gasteiger partial charge in [-0.3, -0.25) is 4.21 Å². The van der Waals surface area contributed by atoms with Gasteiger partial charge in [0, 0.05) is 10.9 Å². The molecule has 0 fully saturated rings. The molecule has 2 rings (SSSR count). The summed E-state index contributed by atoms with van der Waals surface area (Å²) in [7, 11) is 0.892. The maximum atomic E-state index is 12.6. The van der Waals surface area contributed by atoms with Crippen molar-refractivity contribution in [2.45, 2.75) is 23.1 Å². The van der Waals surface area contributed by atoms with Crippen molar-refractivity contribution >= 4 is 10.8 Å². The van der Waals surface area contributed by atoms with Gasteiger partial charge < -0.3 is 5.32 Å². The first-order valence-corrected chi connectivity index (χ1v) is 7.63. The van der Waals surface area contributed by atoms with Gasteiger partial charge in [0.2, 0.25) is 0 Å². The minimum Gasteiger partial charge on any atom is -0.312 e. The highest BCUT2D eigenvalue weighted by molar-refractivity contribution is 7.85. The van der Waals surface area contributed by atoms with Crippen LogP contribution in [0.2, 0.25) is 0 Å². The van der Waals surface area contributed by atoms with Crippen molar-refractivity contribution in [1.82, 2.24) is 5.32 Å². The Labute approximate surface area is 117 Å². The number of hydrogen-bond acceptors (Lipinski definition) is 2. The second-order valence-electron chi connectivity index (χ2n) is 4.49. The Bertz CT molecular complexity index is 527. The minimum absolute atomic E-state index is 0.00907. The van der Waals surface area contributed by atoms with Crippen LogP contribution >= 0.6 is 0 Å². The van der Waals surface area contributed by atoms with Crippen molar-refractivity contribution in [2.75, 3.05) is 7.05 Å². The number of rotatable bonds is 5. The van der Waals surface area contributed by atoms with Gasteiger partial charge in [-0.2, -0.15) is 0 Å². The Morgan fingerprint density at radius 2 is 1.47 bits per heavy atom. The first-order valence-electron chi connectivity index (χ1n) is 6.42. The summed E-state index contributed by atoms with van der Waals surface area (Å²) >= 11 is 0. The van der Waals surface area contributed by atoms with E-state index in [9.17, 15) is 4.21 Å². The molecule has 0 spiro atoms. The molecule has 0 aliphatic carbocycles. The summed E-state index contributed by atoms with van der Waals surface area (Å²) in [5, 5.41) is 3.28. The van der Waals surface area contributed by atoms with Gasteiger partial charge in [-0.25, -0.2) is 0 Å². The fourth-order valence-corrected chi connectivity index (χ4v) is 3.62. The minimum atomic E-state index is -1.02. The predicted molar refractivity (Wildman–Crippen MR) is 80.6 cm³/mol. The highest BCUT2D eigenvalue weighted by Gasteiger charge is 2.23. The van der Waals surface area contributed by atoms with Crippen molar-refractivity contribution in [3.63, 3.8) is 0 Å². The van der Waals surface area contributed by atoms with Gasteiger partial charge in [-0.1, -0.05) is 48.5 Å². The fraction of sp³-hybridized carbons (Fsp3) is 0.250. The van der Waals surface area contributed by atoms with Crippen LogP contribution in [0.1, 0.15) is 18.5 Å². The van der Waals surface area contributed by atoms with E-state index in [-0.39, 0.29) is 11.3 Å². The van der Waals surface area contributed by atoms with Crippen LogP contribution in [-0.4, -0.2) is 16.5 Å². The molecule has 0 aliphatic rings. The van der Waals surface area contributed by atoms with Crippen molar-refractivity contribution in [3.05, 3.63) is 66.2 Å². The molecule has 0 bridgehead atoms. The van der Waals surface area contributed by atoms with Crippen LogP contribution in [0.4, 0.5) is 0 Å². The van der Waals surface area contributed by atoms with Gasteiger partial charge in [0.15, 0.2) is 0 Å². The van der Waals surface area contributed by atoms with E-state index in [4.69, 9.17) is 0 Å². The van der Waals surface area contributed by atoms with Gasteiger partial charge in [0.05, 0.1) is 16.0 Å². The van der Waals surface area contributed by atoms with Gasteiger partial charge >= 0.3 is 0 Å². The van der Waals surface area contributed by atoms with Gasteiger partial charge in [-0.15, -0.1) is 0 Å². The SMILES string of the molecule is CNC(c1ccccc1)C(C)S(=O)c1ccccc1. The first-order chi connectivity index (χ1) is 9.24. The zero-order valence-corrected chi connectivity index (χ0v) is 12.1. The number of hydrogen-bond donors (Lipinski definition) is 1. The fourth-order valence-electron chi connectivity index (χ4n) is 2.23. The molecule has 3 heteroatoms. The summed E-state index contributed by atoms with van der Waals surface area (Å²) in [6.07, 6.45) is 0. The molecule has 100 valence electrons. The van der Waals surface area contributed by atoms with Crippen LogP contribution < -0.4 is 5.32 Å². The summed E-state index contributed by atoms with van der Waals surface area (Å²) in [4.78, 5) is 0.881. The third-order valence-corrected chi connectivity index (χ3v) is 4.94. The summed E-state index contributed by atoms with van der Waals surface area (Å²) < 4.78 is 12.6. The molecular formula is C16H19NOS. The summed E-state index contributed by atoms with van der Waals surface area (Å²) in [6, 6.07) is 19.9. The second-order valence-corrected chi connectivity index (χ2v) is 6.30. The van der Waals surface area contributed by atoms with Gasteiger partial charge in [0.1, 0.15) is 0 Å². The average molecular weight is 273 g/mol. The molecule has 1 N–H and O–H groups in total. The van der Waals surface area contributed by atoms with Crippen LogP contribution in [0.15, 0.2) is 65.6 Å². The molecule has 0 heterocycles. The quantitative estimate of drug-likeness (QED) is 0.906. The maximum Gasteiger partial charge on any atom is 0.0577 e. The molecular weight excluding hydrogens is 254 g/mol. The maximum absolute atomic E-state index is 12.6. The Morgan fingerprint density at radius 3 is 2.00 bits per heavy atom. The average Bonchev–Trinajstić information content (AvgIpc) is 2.49. The standard InChI is InChI=1S/C16H19NOS/c1-13(19(18)15-11-7-4-8-12-15)16(17-2)14-9-5-3-6-10-14/h3-13,16-17H,1-2H3. The van der Waals surface area contributed by atoms with Crippen LogP contribution in [0.5, 0.6) is 0 Å². The van der Waals surface area contributed by atoms with E-state index in [1.165, 1.54) is 5.56 Å². The van der Waals surface area contributed by atoms with E-state index in [1.807, 2.05) is 62.5 Å². The summed E-state index contributed by atoms with van der Waals surface area (Å²) in [6.45, 7) is 2.03. The molecule has 0 saturated heterocycles. The third-order valence-electron chi connectivity index (χ3n) is 3.25. The van der Waals surface area contributed by atoms with E-state index in [2.05, 4.69) is 17.4 Å². The molecule has 0 saturated carbocycles. The molecule has 3 unspecified atom stereocenters. The van der Waals surface area contributed by atoms with E-state index in [0.717, 1.165) is 4.90 Å². The summed E-state index contributed by atoms with van der Waals surface area (Å²) in [5.74, 6) is 0. The van der Waals surface area contributed by atoms with Crippen LogP contribution in [0.25, 0.3) is 0 Å². The molecule has 0 radical (unpaired) electrons. The van der Waals surface area contributed by atoms with E-state index >= 15 is 0 Å². The lowest BCUT2D eigenvalue weighted by Crippen LogP contribution is -2.30. The van der Waals surface area contributed by atoms with Crippen molar-refractivity contribution in [3.8, 4) is 0 Å². The molecule has 0 aromatic heterocycles. The lowest BCUT2D eigenvalue weighted by atomic mass is 10.0. The Hall–Kier alpha value is -1.45. The van der Waals surface area contributed by atoms with E-state index < -0.39 is 10.8 Å². The van der Waals surface area contributed by atoms with E-state index in [0.29, 0.717) is 0 Å². The zero-order valence-electron chi connectivity index (χ0n) is 11.2. The topological polar surface area (TPSA) is 29.1 Å². The first kappa shape index (κ1) is 14.0. The normalized spacial score (nSPS) is 15.7. The Morgan fingerprint density at radius 1 is 0.947 bits per heavy atom. The third kappa shape index (κ3) is 3.31. The van der Waals surface area contributed by atoms with Gasteiger partial charge in [0.25, 0.3) is 0 Å². The largest absolute Gasteiger partial charge is 0.312 e. The lowest BCUT2D eigenvalue weighted by Gasteiger charge is -2.23. The molecule has 2 aromatic carbocycles. The highest BCUT2D eigenvalue weighted by Crippen LogP contribution is 2.23. The van der Waals surface area contributed by atoms with E-state index in [1.54, 1.807) is 0 Å². The molecule has 2 nitrogen and oxygen atoms in total. The number of benzene rings is 2. The van der Waals surface area contributed by atoms with Crippen molar-refractivity contribution in [2.24, 2.45) is 0 Å². The monoisotopic (exact) mass is 273 g/mol. The second kappa shape index (κ2) is 6.64. The highest BCUT2D eigenvalue weighted by atomic mass is 32.2. The molecule has 3 atom stereocenters.